The average molecular weight is 263 g/mol. The fourth-order valence-corrected chi connectivity index (χ4v) is 2.54. The number of rotatable bonds is 1. The standard InChI is InChI=1S/C16H9NO3/c18-16(19)11-8-17-12-5-6-14-10(15(11)12)7-9-3-1-2-4-13(9)20-14/h1-8H,(H,18,19). The van der Waals surface area contributed by atoms with Gasteiger partial charge >= 0.3 is 5.97 Å². The molecule has 4 aromatic rings. The van der Waals surface area contributed by atoms with Crippen LogP contribution in [0.4, 0.5) is 0 Å². The van der Waals surface area contributed by atoms with E-state index in [1.165, 1.54) is 6.20 Å². The monoisotopic (exact) mass is 263 g/mol. The van der Waals surface area contributed by atoms with Crippen LogP contribution in [0.5, 0.6) is 0 Å². The molecule has 0 bridgehead atoms. The Kier molecular flexibility index (Phi) is 2.09. The molecule has 0 atom stereocenters. The molecule has 0 unspecified atom stereocenters. The van der Waals surface area contributed by atoms with Gasteiger partial charge in [0.2, 0.25) is 0 Å². The SMILES string of the molecule is O=C(O)c1cnc2ccc3oc4ccccc4cc3c12. The molecule has 2 aromatic heterocycles. The summed E-state index contributed by atoms with van der Waals surface area (Å²) in [5.74, 6) is -0.979. The highest BCUT2D eigenvalue weighted by molar-refractivity contribution is 6.16. The number of aromatic carboxylic acids is 1. The van der Waals surface area contributed by atoms with Crippen molar-refractivity contribution in [1.29, 1.82) is 0 Å². The lowest BCUT2D eigenvalue weighted by Crippen LogP contribution is -1.94. The Morgan fingerprint density at radius 3 is 2.80 bits per heavy atom. The first-order chi connectivity index (χ1) is 9.74. The van der Waals surface area contributed by atoms with Gasteiger partial charge in [0.15, 0.2) is 0 Å². The molecule has 4 rings (SSSR count). The molecule has 20 heavy (non-hydrogen) atoms. The molecule has 0 saturated carbocycles. The van der Waals surface area contributed by atoms with Gasteiger partial charge in [0.25, 0.3) is 0 Å². The second-order valence-corrected chi connectivity index (χ2v) is 4.63. The molecule has 0 amide bonds. The van der Waals surface area contributed by atoms with Crippen molar-refractivity contribution >= 4 is 38.8 Å². The lowest BCUT2D eigenvalue weighted by Gasteiger charge is -2.03. The fourth-order valence-electron chi connectivity index (χ4n) is 2.54. The van der Waals surface area contributed by atoms with E-state index in [0.29, 0.717) is 16.5 Å². The zero-order chi connectivity index (χ0) is 13.7. The predicted octanol–water partition coefficient (Wildman–Crippen LogP) is 3.83. The Morgan fingerprint density at radius 2 is 1.95 bits per heavy atom. The van der Waals surface area contributed by atoms with Crippen LogP contribution in [0.2, 0.25) is 0 Å². The third-order valence-corrected chi connectivity index (χ3v) is 3.45. The first-order valence-corrected chi connectivity index (χ1v) is 6.17. The number of nitrogens with zero attached hydrogens (tertiary/aromatic N) is 1. The van der Waals surface area contributed by atoms with Crippen molar-refractivity contribution in [3.05, 3.63) is 54.2 Å². The van der Waals surface area contributed by atoms with E-state index in [1.807, 2.05) is 36.4 Å². The van der Waals surface area contributed by atoms with Crippen LogP contribution in [0, 0.1) is 0 Å². The molecule has 0 saturated heterocycles. The maximum Gasteiger partial charge on any atom is 0.337 e. The van der Waals surface area contributed by atoms with Crippen molar-refractivity contribution in [3.8, 4) is 0 Å². The Balaban J connectivity index is 2.25. The van der Waals surface area contributed by atoms with Crippen molar-refractivity contribution in [1.82, 2.24) is 4.98 Å². The van der Waals surface area contributed by atoms with E-state index in [2.05, 4.69) is 4.98 Å². The molecular weight excluding hydrogens is 254 g/mol. The summed E-state index contributed by atoms with van der Waals surface area (Å²) in [6.07, 6.45) is 1.39. The molecule has 0 fully saturated rings. The molecule has 0 aliphatic heterocycles. The minimum atomic E-state index is -0.979. The summed E-state index contributed by atoms with van der Waals surface area (Å²) in [7, 11) is 0. The minimum absolute atomic E-state index is 0.205. The van der Waals surface area contributed by atoms with Crippen LogP contribution in [0.25, 0.3) is 32.8 Å². The Labute approximate surface area is 113 Å². The number of hydrogen-bond donors (Lipinski definition) is 1. The summed E-state index contributed by atoms with van der Waals surface area (Å²) in [6.45, 7) is 0. The first-order valence-electron chi connectivity index (χ1n) is 6.17. The highest BCUT2D eigenvalue weighted by atomic mass is 16.4. The van der Waals surface area contributed by atoms with Crippen molar-refractivity contribution in [2.75, 3.05) is 0 Å². The zero-order valence-corrected chi connectivity index (χ0v) is 10.3. The molecule has 0 radical (unpaired) electrons. The van der Waals surface area contributed by atoms with E-state index in [9.17, 15) is 9.90 Å². The smallest absolute Gasteiger partial charge is 0.337 e. The third-order valence-electron chi connectivity index (χ3n) is 3.45. The van der Waals surface area contributed by atoms with Crippen molar-refractivity contribution in [2.45, 2.75) is 0 Å². The number of hydrogen-bond acceptors (Lipinski definition) is 3. The van der Waals surface area contributed by atoms with Crippen LogP contribution in [0.3, 0.4) is 0 Å². The number of fused-ring (bicyclic) bond motifs is 4. The Hall–Kier alpha value is -2.88. The normalized spacial score (nSPS) is 11.4. The second-order valence-electron chi connectivity index (χ2n) is 4.63. The van der Waals surface area contributed by atoms with Crippen molar-refractivity contribution in [3.63, 3.8) is 0 Å². The average Bonchev–Trinajstić information content (AvgIpc) is 2.89. The van der Waals surface area contributed by atoms with Gasteiger partial charge in [-0.3, -0.25) is 4.98 Å². The second kappa shape index (κ2) is 3.81. The van der Waals surface area contributed by atoms with Crippen LogP contribution in [0.1, 0.15) is 10.4 Å². The maximum atomic E-state index is 11.3. The summed E-state index contributed by atoms with van der Waals surface area (Å²) < 4.78 is 5.84. The van der Waals surface area contributed by atoms with Gasteiger partial charge in [-0.25, -0.2) is 4.79 Å². The molecular formula is C16H9NO3. The number of aromatic nitrogens is 1. The van der Waals surface area contributed by atoms with E-state index >= 15 is 0 Å². The molecule has 0 spiro atoms. The Morgan fingerprint density at radius 1 is 1.10 bits per heavy atom. The number of carboxylic acid groups (broad SMARTS) is 1. The number of carbonyl (C=O) groups is 1. The van der Waals surface area contributed by atoms with Crippen LogP contribution in [-0.2, 0) is 0 Å². The lowest BCUT2D eigenvalue weighted by atomic mass is 10.1. The third kappa shape index (κ3) is 1.42. The fraction of sp³-hybridized carbons (Fsp3) is 0. The van der Waals surface area contributed by atoms with E-state index in [0.717, 1.165) is 16.4 Å². The minimum Gasteiger partial charge on any atom is -0.478 e. The summed E-state index contributed by atoms with van der Waals surface area (Å²) in [4.78, 5) is 15.5. The first kappa shape index (κ1) is 11.0. The predicted molar refractivity (Wildman–Crippen MR) is 76.0 cm³/mol. The highest BCUT2D eigenvalue weighted by Crippen LogP contribution is 2.31. The van der Waals surface area contributed by atoms with Crippen LogP contribution in [-0.4, -0.2) is 16.1 Å². The van der Waals surface area contributed by atoms with Gasteiger partial charge in [-0.05, 0) is 24.3 Å². The molecule has 1 N–H and O–H groups in total. The van der Waals surface area contributed by atoms with Gasteiger partial charge in [0, 0.05) is 22.4 Å². The van der Waals surface area contributed by atoms with E-state index in [4.69, 9.17) is 4.42 Å². The maximum absolute atomic E-state index is 11.3. The van der Waals surface area contributed by atoms with Gasteiger partial charge < -0.3 is 9.52 Å². The number of benzene rings is 2. The van der Waals surface area contributed by atoms with Gasteiger partial charge in [0.05, 0.1) is 11.1 Å². The quantitative estimate of drug-likeness (QED) is 0.530. The summed E-state index contributed by atoms with van der Waals surface area (Å²) in [5.41, 5.74) is 2.30. The van der Waals surface area contributed by atoms with E-state index < -0.39 is 5.97 Å². The molecule has 0 aliphatic carbocycles. The van der Waals surface area contributed by atoms with Gasteiger partial charge in [-0.15, -0.1) is 0 Å². The van der Waals surface area contributed by atoms with Gasteiger partial charge in [0.1, 0.15) is 11.2 Å². The molecule has 2 aromatic carbocycles. The van der Waals surface area contributed by atoms with Crippen LogP contribution < -0.4 is 0 Å². The summed E-state index contributed by atoms with van der Waals surface area (Å²) in [5, 5.41) is 11.6. The molecule has 2 heterocycles. The molecule has 4 heteroatoms. The number of carboxylic acids is 1. The molecule has 96 valence electrons. The molecule has 0 aliphatic rings. The van der Waals surface area contributed by atoms with E-state index in [-0.39, 0.29) is 5.56 Å². The molecule has 4 nitrogen and oxygen atoms in total. The zero-order valence-electron chi connectivity index (χ0n) is 10.3. The summed E-state index contributed by atoms with van der Waals surface area (Å²) >= 11 is 0. The van der Waals surface area contributed by atoms with Gasteiger partial charge in [-0.1, -0.05) is 18.2 Å². The topological polar surface area (TPSA) is 63.3 Å². The van der Waals surface area contributed by atoms with Gasteiger partial charge in [-0.2, -0.15) is 0 Å². The van der Waals surface area contributed by atoms with E-state index in [1.54, 1.807) is 6.07 Å². The number of para-hydroxylation sites is 1. The van der Waals surface area contributed by atoms with Crippen molar-refractivity contribution in [2.24, 2.45) is 0 Å². The largest absolute Gasteiger partial charge is 0.478 e. The van der Waals surface area contributed by atoms with Crippen LogP contribution >= 0.6 is 0 Å². The summed E-state index contributed by atoms with van der Waals surface area (Å²) in [6, 6.07) is 13.2. The van der Waals surface area contributed by atoms with Crippen molar-refractivity contribution < 1.29 is 14.3 Å². The lowest BCUT2D eigenvalue weighted by molar-refractivity contribution is 0.0699. The van der Waals surface area contributed by atoms with Crippen LogP contribution in [0.15, 0.2) is 53.1 Å². The Bertz CT molecular complexity index is 985. The highest BCUT2D eigenvalue weighted by Gasteiger charge is 2.15.